The van der Waals surface area contributed by atoms with Crippen LogP contribution in [0.4, 0.5) is 16.2 Å². The number of H-pyrrole nitrogens is 1. The predicted molar refractivity (Wildman–Crippen MR) is 141 cm³/mol. The molecule has 0 spiro atoms. The van der Waals surface area contributed by atoms with Crippen LogP contribution in [0.15, 0.2) is 85.2 Å². The number of ether oxygens (including phenoxy) is 1. The molecule has 0 unspecified atom stereocenters. The molecule has 3 N–H and O–H groups in total. The highest BCUT2D eigenvalue weighted by molar-refractivity contribution is 6.05. The lowest BCUT2D eigenvalue weighted by molar-refractivity contribution is -0.646. The Labute approximate surface area is 210 Å². The minimum Gasteiger partial charge on any atom is -0.444 e. The van der Waals surface area contributed by atoms with Gasteiger partial charge in [-0.25, -0.2) is 14.3 Å². The first-order chi connectivity index (χ1) is 17.4. The largest absolute Gasteiger partial charge is 0.444 e. The normalized spacial score (nSPS) is 11.2. The Balaban J connectivity index is 1.56. The van der Waals surface area contributed by atoms with Gasteiger partial charge in [-0.3, -0.25) is 10.1 Å². The molecule has 0 aliphatic carbocycles. The van der Waals surface area contributed by atoms with E-state index >= 15 is 0 Å². The fraction of sp³-hybridized carbons (Fsp3) is 0.179. The number of aromatic nitrogens is 2. The predicted octanol–water partition coefficient (Wildman–Crippen LogP) is 4.46. The van der Waals surface area contributed by atoms with Crippen LogP contribution in [0.3, 0.4) is 0 Å². The molecule has 0 saturated carbocycles. The highest BCUT2D eigenvalue weighted by Gasteiger charge is 2.18. The van der Waals surface area contributed by atoms with Gasteiger partial charge in [0.15, 0.2) is 0 Å². The average Bonchev–Trinajstić information content (AvgIpc) is 3.28. The van der Waals surface area contributed by atoms with Crippen molar-refractivity contribution >= 4 is 34.4 Å². The van der Waals surface area contributed by atoms with Crippen molar-refractivity contribution in [2.45, 2.75) is 6.61 Å². The van der Waals surface area contributed by atoms with Crippen LogP contribution in [0, 0.1) is 0 Å². The molecular weight excluding hydrogens is 454 g/mol. The molecule has 8 nitrogen and oxygen atoms in total. The number of nitrogens with zero attached hydrogens (tertiary/aromatic N) is 2. The number of likely N-dealkylation sites (N-methyl/N-ethyl adjacent to an activating group) is 1. The van der Waals surface area contributed by atoms with Crippen molar-refractivity contribution in [2.75, 3.05) is 31.3 Å². The number of fused-ring (bicyclic) bond motifs is 1. The average molecular weight is 485 g/mol. The molecule has 2 aromatic heterocycles. The number of nitrogens with one attached hydrogen (secondary N) is 3. The maximum atomic E-state index is 12.5. The van der Waals surface area contributed by atoms with Gasteiger partial charge in [0, 0.05) is 29.4 Å². The van der Waals surface area contributed by atoms with Crippen LogP contribution >= 0.6 is 0 Å². The first-order valence-electron chi connectivity index (χ1n) is 11.6. The van der Waals surface area contributed by atoms with E-state index in [9.17, 15) is 9.59 Å². The number of aryl methyl sites for hydroxylation is 1. The summed E-state index contributed by atoms with van der Waals surface area (Å²) in [6.45, 7) is 0.865. The van der Waals surface area contributed by atoms with Crippen LogP contribution < -0.4 is 15.2 Å². The van der Waals surface area contributed by atoms with Gasteiger partial charge in [0.25, 0.3) is 5.65 Å². The first kappa shape index (κ1) is 24.7. The number of pyridine rings is 1. The van der Waals surface area contributed by atoms with Gasteiger partial charge >= 0.3 is 6.09 Å². The van der Waals surface area contributed by atoms with Crippen molar-refractivity contribution in [3.8, 4) is 11.1 Å². The molecule has 0 aliphatic heterocycles. The second-order valence-electron chi connectivity index (χ2n) is 8.69. The van der Waals surface area contributed by atoms with Gasteiger partial charge in [-0.2, -0.15) is 0 Å². The Morgan fingerprint density at radius 2 is 1.78 bits per heavy atom. The summed E-state index contributed by atoms with van der Waals surface area (Å²) < 4.78 is 7.27. The molecule has 0 atom stereocenters. The third-order valence-corrected chi connectivity index (χ3v) is 5.56. The third-order valence-electron chi connectivity index (χ3n) is 5.56. The maximum Gasteiger partial charge on any atom is 0.412 e. The quantitative estimate of drug-likeness (QED) is 0.254. The van der Waals surface area contributed by atoms with Crippen LogP contribution in [0.1, 0.15) is 5.56 Å². The van der Waals surface area contributed by atoms with Crippen molar-refractivity contribution in [1.29, 1.82) is 0 Å². The molecule has 0 radical (unpaired) electrons. The number of carbonyl (C=O) groups excluding carboxylic acids is 2. The molecule has 2 heterocycles. The Bertz CT molecular complexity index is 1390. The van der Waals surface area contributed by atoms with Crippen LogP contribution in [0.25, 0.3) is 22.2 Å². The lowest BCUT2D eigenvalue weighted by Gasteiger charge is -2.10. The number of rotatable bonds is 8. The number of anilines is 2. The van der Waals surface area contributed by atoms with Crippen molar-refractivity contribution in [2.24, 2.45) is 7.05 Å². The van der Waals surface area contributed by atoms with E-state index in [2.05, 4.69) is 15.6 Å². The van der Waals surface area contributed by atoms with Crippen molar-refractivity contribution in [3.63, 3.8) is 0 Å². The van der Waals surface area contributed by atoms with Gasteiger partial charge in [-0.15, -0.1) is 0 Å². The number of benzene rings is 2. The number of amides is 2. The van der Waals surface area contributed by atoms with Crippen molar-refractivity contribution in [1.82, 2.24) is 9.88 Å². The van der Waals surface area contributed by atoms with E-state index < -0.39 is 6.09 Å². The molecule has 8 heteroatoms. The van der Waals surface area contributed by atoms with E-state index in [1.807, 2.05) is 110 Å². The second kappa shape index (κ2) is 11.3. The van der Waals surface area contributed by atoms with E-state index in [-0.39, 0.29) is 12.5 Å². The summed E-state index contributed by atoms with van der Waals surface area (Å²) in [7, 11) is 5.79. The Morgan fingerprint density at radius 3 is 2.56 bits per heavy atom. The molecule has 36 heavy (non-hydrogen) atoms. The summed E-state index contributed by atoms with van der Waals surface area (Å²) in [5.41, 5.74) is 4.84. The lowest BCUT2D eigenvalue weighted by atomic mass is 10.0. The van der Waals surface area contributed by atoms with E-state index in [0.29, 0.717) is 17.9 Å². The van der Waals surface area contributed by atoms with Crippen LogP contribution in [-0.4, -0.2) is 42.5 Å². The smallest absolute Gasteiger partial charge is 0.412 e. The zero-order valence-electron chi connectivity index (χ0n) is 20.6. The molecule has 2 amide bonds. The van der Waals surface area contributed by atoms with E-state index in [4.69, 9.17) is 4.74 Å². The molecular formula is C28H30N5O3+. The van der Waals surface area contributed by atoms with Crippen LogP contribution in [0.2, 0.25) is 0 Å². The molecule has 2 aromatic carbocycles. The highest BCUT2D eigenvalue weighted by Crippen LogP contribution is 2.33. The maximum absolute atomic E-state index is 12.5. The Morgan fingerprint density at radius 1 is 1.03 bits per heavy atom. The molecule has 0 fully saturated rings. The van der Waals surface area contributed by atoms with Crippen molar-refractivity contribution in [3.05, 3.63) is 90.8 Å². The number of carbonyl (C=O) groups is 2. The topological polar surface area (TPSA) is 90.3 Å². The van der Waals surface area contributed by atoms with Gasteiger partial charge in [0.1, 0.15) is 12.8 Å². The zero-order valence-corrected chi connectivity index (χ0v) is 20.6. The lowest BCUT2D eigenvalue weighted by Crippen LogP contribution is -2.30. The van der Waals surface area contributed by atoms with Crippen molar-refractivity contribution < 1.29 is 18.9 Å². The minimum absolute atomic E-state index is 0.187. The number of hydrogen-bond donors (Lipinski definition) is 3. The summed E-state index contributed by atoms with van der Waals surface area (Å²) in [5, 5.41) is 6.68. The first-order valence-corrected chi connectivity index (χ1v) is 11.6. The molecule has 184 valence electrons. The fourth-order valence-electron chi connectivity index (χ4n) is 3.87. The van der Waals surface area contributed by atoms with Gasteiger partial charge in [0.05, 0.1) is 24.3 Å². The second-order valence-corrected chi connectivity index (χ2v) is 8.69. The number of hydrogen-bond acceptors (Lipinski definition) is 4. The molecule has 0 aliphatic rings. The van der Waals surface area contributed by atoms with Crippen LogP contribution in [0.5, 0.6) is 0 Å². The number of aromatic amines is 1. The summed E-state index contributed by atoms with van der Waals surface area (Å²) in [4.78, 5) is 30.2. The Kier molecular flexibility index (Phi) is 7.77. The van der Waals surface area contributed by atoms with Gasteiger partial charge in [-0.05, 0) is 31.8 Å². The molecule has 0 saturated heterocycles. The monoisotopic (exact) mass is 484 g/mol. The number of para-hydroxylation sites is 1. The van der Waals surface area contributed by atoms with E-state index in [1.54, 1.807) is 0 Å². The molecule has 4 aromatic rings. The summed E-state index contributed by atoms with van der Waals surface area (Å²) in [5.74, 6) is -0.196. The van der Waals surface area contributed by atoms with Crippen LogP contribution in [-0.2, 0) is 23.2 Å². The minimum atomic E-state index is -0.535. The van der Waals surface area contributed by atoms with Gasteiger partial charge in [0.2, 0.25) is 5.91 Å². The fourth-order valence-corrected chi connectivity index (χ4v) is 3.87. The molecule has 0 bridgehead atoms. The third kappa shape index (κ3) is 6.17. The highest BCUT2D eigenvalue weighted by atomic mass is 16.5. The standard InChI is InChI=1S/C28H29N5O3/c1-32(2)15-9-14-26(34)31-25-13-8-7-12-22(25)24-17-29-27-23(24)16-21(18-33(27)3)30-28(35)36-19-20-10-5-4-6-11-20/h4-14,16-18H,15,19H2,1-3H3,(H2,30,31,34,35)/p+1. The Hall–Kier alpha value is -4.43. The SMILES string of the molecule is CN(C)CC=CC(=O)Nc1ccccc1-c1c[nH]c2c1cc(NC(=O)OCc1ccccc1)c[n+]2C. The molecule has 4 rings (SSSR count). The zero-order chi connectivity index (χ0) is 25.5. The summed E-state index contributed by atoms with van der Waals surface area (Å²) in [6, 6.07) is 19.0. The van der Waals surface area contributed by atoms with E-state index in [0.717, 1.165) is 27.7 Å². The van der Waals surface area contributed by atoms with E-state index in [1.165, 1.54) is 6.08 Å². The summed E-state index contributed by atoms with van der Waals surface area (Å²) in [6.07, 6.45) is 6.53. The summed E-state index contributed by atoms with van der Waals surface area (Å²) >= 11 is 0. The van der Waals surface area contributed by atoms with Gasteiger partial charge in [-0.1, -0.05) is 54.6 Å². The van der Waals surface area contributed by atoms with Gasteiger partial charge < -0.3 is 15.0 Å².